The molecular weight excluding hydrogens is 202 g/mol. The molecule has 2 heteroatoms. The van der Waals surface area contributed by atoms with Crippen LogP contribution in [0.5, 0.6) is 0 Å². The molecule has 1 N–H and O–H groups in total. The van der Waals surface area contributed by atoms with Crippen LogP contribution >= 0.6 is 11.8 Å². The molecule has 1 aliphatic rings. The predicted octanol–water partition coefficient (Wildman–Crippen LogP) is 3.40. The van der Waals surface area contributed by atoms with Crippen molar-refractivity contribution in [3.8, 4) is 0 Å². The standard InChI is InChI=1S/C13H27NS/c1-12(2,3)10-9-14-7-8-15-11(10)13(4,5)6/h10-11,14H,7-9H2,1-6H3. The first kappa shape index (κ1) is 13.4. The third-order valence-electron chi connectivity index (χ3n) is 3.27. The third-order valence-corrected chi connectivity index (χ3v) is 5.11. The molecule has 1 saturated heterocycles. The monoisotopic (exact) mass is 229 g/mol. The van der Waals surface area contributed by atoms with Crippen molar-refractivity contribution in [1.82, 2.24) is 5.32 Å². The molecule has 15 heavy (non-hydrogen) atoms. The SMILES string of the molecule is CC(C)(C)C1CNCCSC1C(C)(C)C. The second kappa shape index (κ2) is 4.67. The Morgan fingerprint density at radius 1 is 1.00 bits per heavy atom. The number of hydrogen-bond donors (Lipinski definition) is 1. The van der Waals surface area contributed by atoms with E-state index < -0.39 is 0 Å². The van der Waals surface area contributed by atoms with Crippen LogP contribution in [0.3, 0.4) is 0 Å². The lowest BCUT2D eigenvalue weighted by atomic mass is 9.71. The first-order chi connectivity index (χ1) is 6.73. The van der Waals surface area contributed by atoms with E-state index in [0.717, 1.165) is 11.2 Å². The van der Waals surface area contributed by atoms with Crippen LogP contribution in [-0.4, -0.2) is 24.1 Å². The molecule has 1 nitrogen and oxygen atoms in total. The van der Waals surface area contributed by atoms with Crippen molar-refractivity contribution in [2.45, 2.75) is 46.8 Å². The minimum absolute atomic E-state index is 0.405. The van der Waals surface area contributed by atoms with E-state index >= 15 is 0 Å². The van der Waals surface area contributed by atoms with Gasteiger partial charge in [-0.25, -0.2) is 0 Å². The second-order valence-electron chi connectivity index (χ2n) is 6.83. The fourth-order valence-electron chi connectivity index (χ4n) is 2.35. The summed E-state index contributed by atoms with van der Waals surface area (Å²) in [6.45, 7) is 16.6. The smallest absolute Gasteiger partial charge is 0.0141 e. The average Bonchev–Trinajstić information content (AvgIpc) is 2.24. The van der Waals surface area contributed by atoms with Gasteiger partial charge in [-0.15, -0.1) is 0 Å². The summed E-state index contributed by atoms with van der Waals surface area (Å²) < 4.78 is 0. The van der Waals surface area contributed by atoms with Crippen molar-refractivity contribution in [3.05, 3.63) is 0 Å². The summed E-state index contributed by atoms with van der Waals surface area (Å²) in [5, 5.41) is 4.36. The van der Waals surface area contributed by atoms with Gasteiger partial charge < -0.3 is 5.32 Å². The van der Waals surface area contributed by atoms with Gasteiger partial charge in [0, 0.05) is 17.5 Å². The number of thioether (sulfide) groups is 1. The molecule has 1 heterocycles. The zero-order chi connectivity index (χ0) is 11.7. The van der Waals surface area contributed by atoms with Crippen LogP contribution in [0.15, 0.2) is 0 Å². The van der Waals surface area contributed by atoms with Gasteiger partial charge in [-0.1, -0.05) is 41.5 Å². The average molecular weight is 229 g/mol. The Bertz CT molecular complexity index is 178. The van der Waals surface area contributed by atoms with Crippen molar-refractivity contribution in [3.63, 3.8) is 0 Å². The molecular formula is C13H27NS. The zero-order valence-electron chi connectivity index (χ0n) is 11.2. The van der Waals surface area contributed by atoms with Gasteiger partial charge in [-0.05, 0) is 23.3 Å². The molecule has 0 aromatic carbocycles. The van der Waals surface area contributed by atoms with E-state index in [4.69, 9.17) is 0 Å². The summed E-state index contributed by atoms with van der Waals surface area (Å²) >= 11 is 2.16. The van der Waals surface area contributed by atoms with Gasteiger partial charge in [0.25, 0.3) is 0 Å². The minimum atomic E-state index is 0.405. The lowest BCUT2D eigenvalue weighted by molar-refractivity contribution is 0.175. The first-order valence-corrected chi connectivity index (χ1v) is 7.10. The maximum absolute atomic E-state index is 3.59. The molecule has 2 unspecified atom stereocenters. The predicted molar refractivity (Wildman–Crippen MR) is 71.5 cm³/mol. The molecule has 1 fully saturated rings. The molecule has 0 spiro atoms. The van der Waals surface area contributed by atoms with E-state index in [0.29, 0.717) is 10.8 Å². The van der Waals surface area contributed by atoms with E-state index in [1.807, 2.05) is 0 Å². The lowest BCUT2D eigenvalue weighted by Gasteiger charge is -2.42. The number of rotatable bonds is 0. The molecule has 0 amide bonds. The Balaban J connectivity index is 2.86. The van der Waals surface area contributed by atoms with Crippen molar-refractivity contribution >= 4 is 11.8 Å². The van der Waals surface area contributed by atoms with E-state index in [9.17, 15) is 0 Å². The van der Waals surface area contributed by atoms with Gasteiger partial charge in [-0.3, -0.25) is 0 Å². The third kappa shape index (κ3) is 3.67. The van der Waals surface area contributed by atoms with Crippen LogP contribution < -0.4 is 5.32 Å². The van der Waals surface area contributed by atoms with Gasteiger partial charge in [0.2, 0.25) is 0 Å². The Hall–Kier alpha value is 0.310. The summed E-state index contributed by atoms with van der Waals surface area (Å²) in [5.41, 5.74) is 0.816. The quantitative estimate of drug-likeness (QED) is 0.683. The Morgan fingerprint density at radius 2 is 1.60 bits per heavy atom. The zero-order valence-corrected chi connectivity index (χ0v) is 12.0. The molecule has 90 valence electrons. The topological polar surface area (TPSA) is 12.0 Å². The van der Waals surface area contributed by atoms with Crippen molar-refractivity contribution < 1.29 is 0 Å². The summed E-state index contributed by atoms with van der Waals surface area (Å²) in [7, 11) is 0. The van der Waals surface area contributed by atoms with Gasteiger partial charge in [0.15, 0.2) is 0 Å². The van der Waals surface area contributed by atoms with Crippen LogP contribution in [0.4, 0.5) is 0 Å². The van der Waals surface area contributed by atoms with Gasteiger partial charge in [0.05, 0.1) is 0 Å². The largest absolute Gasteiger partial charge is 0.316 e. The number of hydrogen-bond acceptors (Lipinski definition) is 2. The second-order valence-corrected chi connectivity index (χ2v) is 8.08. The summed E-state index contributed by atoms with van der Waals surface area (Å²) in [5.74, 6) is 2.03. The van der Waals surface area contributed by atoms with E-state index in [1.54, 1.807) is 0 Å². The van der Waals surface area contributed by atoms with Crippen molar-refractivity contribution in [1.29, 1.82) is 0 Å². The maximum Gasteiger partial charge on any atom is 0.0141 e. The highest BCUT2D eigenvalue weighted by molar-refractivity contribution is 8.00. The summed E-state index contributed by atoms with van der Waals surface area (Å²) in [4.78, 5) is 0. The van der Waals surface area contributed by atoms with Crippen LogP contribution in [-0.2, 0) is 0 Å². The molecule has 1 aliphatic heterocycles. The molecule has 0 aromatic rings. The van der Waals surface area contributed by atoms with Crippen LogP contribution in [0, 0.1) is 16.7 Å². The van der Waals surface area contributed by atoms with Crippen molar-refractivity contribution in [2.75, 3.05) is 18.8 Å². The molecule has 0 bridgehead atoms. The molecule has 0 saturated carbocycles. The van der Waals surface area contributed by atoms with Gasteiger partial charge in [0.1, 0.15) is 0 Å². The highest BCUT2D eigenvalue weighted by Crippen LogP contribution is 2.43. The van der Waals surface area contributed by atoms with Crippen molar-refractivity contribution in [2.24, 2.45) is 16.7 Å². The number of nitrogens with one attached hydrogen (secondary N) is 1. The fraction of sp³-hybridized carbons (Fsp3) is 1.00. The van der Waals surface area contributed by atoms with Crippen LogP contribution in [0.25, 0.3) is 0 Å². The normalized spacial score (nSPS) is 30.0. The highest BCUT2D eigenvalue weighted by Gasteiger charge is 2.39. The molecule has 0 radical (unpaired) electrons. The molecule has 0 aliphatic carbocycles. The Kier molecular flexibility index (Phi) is 4.16. The fourth-order valence-corrected chi connectivity index (χ4v) is 4.11. The van der Waals surface area contributed by atoms with Gasteiger partial charge >= 0.3 is 0 Å². The van der Waals surface area contributed by atoms with E-state index in [2.05, 4.69) is 58.6 Å². The summed E-state index contributed by atoms with van der Waals surface area (Å²) in [6.07, 6.45) is 0. The van der Waals surface area contributed by atoms with E-state index in [-0.39, 0.29) is 0 Å². The van der Waals surface area contributed by atoms with Crippen LogP contribution in [0.1, 0.15) is 41.5 Å². The lowest BCUT2D eigenvalue weighted by Crippen LogP contribution is -2.42. The summed E-state index contributed by atoms with van der Waals surface area (Å²) in [6, 6.07) is 0. The molecule has 0 aromatic heterocycles. The van der Waals surface area contributed by atoms with Gasteiger partial charge in [-0.2, -0.15) is 11.8 Å². The first-order valence-electron chi connectivity index (χ1n) is 6.05. The molecule has 2 atom stereocenters. The van der Waals surface area contributed by atoms with Crippen LogP contribution in [0.2, 0.25) is 0 Å². The highest BCUT2D eigenvalue weighted by atomic mass is 32.2. The maximum atomic E-state index is 3.59. The molecule has 1 rings (SSSR count). The Morgan fingerprint density at radius 3 is 2.07 bits per heavy atom. The Labute approximate surface area is 99.8 Å². The van der Waals surface area contributed by atoms with E-state index in [1.165, 1.54) is 18.8 Å². The minimum Gasteiger partial charge on any atom is -0.316 e.